The van der Waals surface area contributed by atoms with Crippen LogP contribution in [0.15, 0.2) is 79.0 Å². The van der Waals surface area contributed by atoms with Crippen LogP contribution >= 0.6 is 0 Å². The van der Waals surface area contributed by atoms with Crippen LogP contribution in [0.1, 0.15) is 51.4 Å². The lowest BCUT2D eigenvalue weighted by Gasteiger charge is -2.29. The fourth-order valence-corrected chi connectivity index (χ4v) is 4.82. The predicted molar refractivity (Wildman–Crippen MR) is 186 cm³/mol. The molecule has 2 amide bonds. The maximum Gasteiger partial charge on any atom is 0.408 e. The van der Waals surface area contributed by atoms with Gasteiger partial charge in [0.1, 0.15) is 17.0 Å². The molecule has 49 heavy (non-hydrogen) atoms. The molecular formula is C37H52N4O8. The molecule has 3 rings (SSSR count). The highest BCUT2D eigenvalue weighted by Gasteiger charge is 2.28. The van der Waals surface area contributed by atoms with E-state index >= 15 is 0 Å². The first kappa shape index (κ1) is 39.2. The number of aliphatic hydroxyl groups is 3. The zero-order chi connectivity index (χ0) is 35.9. The van der Waals surface area contributed by atoms with Gasteiger partial charge in [0.05, 0.1) is 37.5 Å². The summed E-state index contributed by atoms with van der Waals surface area (Å²) in [6.07, 6.45) is -0.555. The van der Waals surface area contributed by atoms with Crippen LogP contribution in [0.4, 0.5) is 9.59 Å². The van der Waals surface area contributed by atoms with Gasteiger partial charge in [-0.05, 0) is 82.9 Å². The summed E-state index contributed by atoms with van der Waals surface area (Å²) >= 11 is 0. The average molecular weight is 681 g/mol. The zero-order valence-corrected chi connectivity index (χ0v) is 29.1. The van der Waals surface area contributed by atoms with Crippen LogP contribution in [0.5, 0.6) is 5.75 Å². The van der Waals surface area contributed by atoms with Crippen molar-refractivity contribution in [3.8, 4) is 5.75 Å². The van der Waals surface area contributed by atoms with E-state index in [1.807, 2.05) is 72.8 Å². The molecule has 0 bridgehead atoms. The Kier molecular flexibility index (Phi) is 15.3. The number of aliphatic hydroxyl groups excluding tert-OH is 3. The van der Waals surface area contributed by atoms with Crippen LogP contribution in [-0.2, 0) is 28.7 Å². The number of alkyl carbamates (subject to hydrolysis) is 2. The van der Waals surface area contributed by atoms with Gasteiger partial charge in [0.25, 0.3) is 0 Å². The molecule has 0 saturated carbocycles. The molecule has 0 fully saturated rings. The number of carbonyl (C=O) groups excluding carboxylic acids is 2. The number of pyridine rings is 1. The molecule has 12 heteroatoms. The van der Waals surface area contributed by atoms with Crippen molar-refractivity contribution in [3.63, 3.8) is 0 Å². The smallest absolute Gasteiger partial charge is 0.408 e. The standard InChI is InChI=1S/C37H52N4O8/c1-36(2,3)48-34(45)40-30(21-26-11-7-6-8-12-26)32(43)23-38-24-33(44)31(41-35(46)49-37(4,5)25-42)22-27-14-16-29(17-15-27)47-20-18-28-13-9-10-19-39-28/h6-17,19,30-33,38,42-44H,18,20-25H2,1-5H3,(H,40,45)(H,41,46)/t30-,31-,32+,33+/m0/s1. The number of nitrogens with zero attached hydrogens (tertiary/aromatic N) is 1. The molecule has 2 aromatic carbocycles. The molecule has 0 spiro atoms. The Morgan fingerprint density at radius 3 is 1.84 bits per heavy atom. The normalized spacial score (nSPS) is 14.2. The van der Waals surface area contributed by atoms with Gasteiger partial charge in [-0.25, -0.2) is 9.59 Å². The first-order valence-electron chi connectivity index (χ1n) is 16.6. The number of carbonyl (C=O) groups is 2. The Labute approximate surface area is 289 Å². The fourth-order valence-electron chi connectivity index (χ4n) is 4.82. The predicted octanol–water partition coefficient (Wildman–Crippen LogP) is 3.56. The highest BCUT2D eigenvalue weighted by molar-refractivity contribution is 5.68. The molecule has 1 aromatic heterocycles. The summed E-state index contributed by atoms with van der Waals surface area (Å²) in [7, 11) is 0. The molecule has 0 saturated heterocycles. The number of aromatic nitrogens is 1. The van der Waals surface area contributed by atoms with Gasteiger partial charge in [0.15, 0.2) is 0 Å². The van der Waals surface area contributed by atoms with Crippen molar-refractivity contribution in [2.75, 3.05) is 26.3 Å². The summed E-state index contributed by atoms with van der Waals surface area (Å²) < 4.78 is 16.6. The number of rotatable bonds is 18. The topological polar surface area (TPSA) is 172 Å². The highest BCUT2D eigenvalue weighted by Crippen LogP contribution is 2.16. The Morgan fingerprint density at radius 2 is 1.31 bits per heavy atom. The van der Waals surface area contributed by atoms with E-state index in [9.17, 15) is 24.9 Å². The highest BCUT2D eigenvalue weighted by atomic mass is 16.6. The van der Waals surface area contributed by atoms with Crippen LogP contribution < -0.4 is 20.7 Å². The number of benzene rings is 2. The van der Waals surface area contributed by atoms with Crippen LogP contribution in [0.25, 0.3) is 0 Å². The molecule has 0 aliphatic heterocycles. The molecule has 12 nitrogen and oxygen atoms in total. The Morgan fingerprint density at radius 1 is 0.755 bits per heavy atom. The monoisotopic (exact) mass is 680 g/mol. The van der Waals surface area contributed by atoms with E-state index in [1.165, 1.54) is 0 Å². The van der Waals surface area contributed by atoms with Gasteiger partial charge in [-0.15, -0.1) is 0 Å². The van der Waals surface area contributed by atoms with Crippen molar-refractivity contribution >= 4 is 12.2 Å². The van der Waals surface area contributed by atoms with Crippen molar-refractivity contribution in [2.24, 2.45) is 0 Å². The minimum Gasteiger partial charge on any atom is -0.493 e. The summed E-state index contributed by atoms with van der Waals surface area (Å²) in [5, 5.41) is 40.5. The molecule has 1 heterocycles. The molecule has 0 unspecified atom stereocenters. The summed E-state index contributed by atoms with van der Waals surface area (Å²) in [5.74, 6) is 0.676. The number of hydrogen-bond acceptors (Lipinski definition) is 10. The average Bonchev–Trinajstić information content (AvgIpc) is 3.04. The van der Waals surface area contributed by atoms with E-state index in [4.69, 9.17) is 14.2 Å². The third kappa shape index (κ3) is 15.2. The number of ether oxygens (including phenoxy) is 3. The third-order valence-corrected chi connectivity index (χ3v) is 7.42. The van der Waals surface area contributed by atoms with E-state index in [0.29, 0.717) is 25.2 Å². The molecule has 6 N–H and O–H groups in total. The lowest BCUT2D eigenvalue weighted by molar-refractivity contribution is -0.00773. The SMILES string of the molecule is CC(C)(C)OC(=O)N[C@@H](Cc1ccccc1)[C@H](O)CNC[C@@H](O)[C@H](Cc1ccc(OCCc2ccccn2)cc1)NC(=O)OC(C)(C)CO. The second-order valence-electron chi connectivity index (χ2n) is 13.6. The van der Waals surface area contributed by atoms with Crippen LogP contribution in [0.3, 0.4) is 0 Å². The van der Waals surface area contributed by atoms with Crippen molar-refractivity contribution < 1.29 is 39.1 Å². The number of nitrogens with one attached hydrogen (secondary N) is 3. The quantitative estimate of drug-likeness (QED) is 0.117. The molecule has 0 radical (unpaired) electrons. The van der Waals surface area contributed by atoms with Crippen LogP contribution in [0, 0.1) is 0 Å². The summed E-state index contributed by atoms with van der Waals surface area (Å²) in [5.41, 5.74) is 0.849. The number of hydrogen-bond donors (Lipinski definition) is 6. The minimum absolute atomic E-state index is 0.00457. The Hall–Kier alpha value is -4.23. The van der Waals surface area contributed by atoms with Crippen molar-refractivity contribution in [1.29, 1.82) is 0 Å². The first-order chi connectivity index (χ1) is 23.2. The summed E-state index contributed by atoms with van der Waals surface area (Å²) in [6, 6.07) is 21.1. The Bertz CT molecular complexity index is 1400. The van der Waals surface area contributed by atoms with E-state index in [2.05, 4.69) is 20.9 Å². The van der Waals surface area contributed by atoms with Gasteiger partial charge >= 0.3 is 12.2 Å². The second-order valence-corrected chi connectivity index (χ2v) is 13.6. The third-order valence-electron chi connectivity index (χ3n) is 7.42. The van der Waals surface area contributed by atoms with Crippen molar-refractivity contribution in [2.45, 2.75) is 89.4 Å². The molecule has 0 aliphatic carbocycles. The van der Waals surface area contributed by atoms with Gasteiger partial charge in [-0.3, -0.25) is 4.98 Å². The van der Waals surface area contributed by atoms with Gasteiger partial charge in [0.2, 0.25) is 0 Å². The van der Waals surface area contributed by atoms with E-state index in [1.54, 1.807) is 40.8 Å². The van der Waals surface area contributed by atoms with Crippen LogP contribution in [0.2, 0.25) is 0 Å². The van der Waals surface area contributed by atoms with Gasteiger partial charge in [0, 0.05) is 31.4 Å². The fraction of sp³-hybridized carbons (Fsp3) is 0.486. The minimum atomic E-state index is -1.12. The van der Waals surface area contributed by atoms with Crippen molar-refractivity contribution in [3.05, 3.63) is 95.8 Å². The zero-order valence-electron chi connectivity index (χ0n) is 29.1. The van der Waals surface area contributed by atoms with Gasteiger partial charge in [-0.2, -0.15) is 0 Å². The number of amides is 2. The van der Waals surface area contributed by atoms with E-state index in [-0.39, 0.29) is 26.1 Å². The Balaban J connectivity index is 1.62. The van der Waals surface area contributed by atoms with Gasteiger partial charge < -0.3 is 45.5 Å². The lowest BCUT2D eigenvalue weighted by atomic mass is 10.00. The maximum absolute atomic E-state index is 12.8. The van der Waals surface area contributed by atoms with E-state index < -0.39 is 47.7 Å². The first-order valence-corrected chi connectivity index (χ1v) is 16.6. The van der Waals surface area contributed by atoms with E-state index in [0.717, 1.165) is 16.8 Å². The van der Waals surface area contributed by atoms with Gasteiger partial charge in [-0.1, -0.05) is 48.5 Å². The van der Waals surface area contributed by atoms with Crippen LogP contribution in [-0.4, -0.2) is 94.3 Å². The lowest BCUT2D eigenvalue weighted by Crippen LogP contribution is -2.53. The summed E-state index contributed by atoms with van der Waals surface area (Å²) in [4.78, 5) is 29.6. The molecular weight excluding hydrogens is 628 g/mol. The largest absolute Gasteiger partial charge is 0.493 e. The molecule has 0 aliphatic rings. The second kappa shape index (κ2) is 19.1. The molecule has 4 atom stereocenters. The van der Waals surface area contributed by atoms with Crippen molar-refractivity contribution in [1.82, 2.24) is 20.9 Å². The molecule has 268 valence electrons. The maximum atomic E-state index is 12.8. The molecule has 3 aromatic rings. The summed E-state index contributed by atoms with van der Waals surface area (Å²) in [6.45, 7) is 8.55.